The molecule has 0 aliphatic rings. The van der Waals surface area contributed by atoms with Crippen molar-refractivity contribution in [3.8, 4) is 23.0 Å². The van der Waals surface area contributed by atoms with E-state index >= 15 is 0 Å². The highest BCUT2D eigenvalue weighted by Gasteiger charge is 2.23. The first-order chi connectivity index (χ1) is 14.5. The molecule has 1 amide bonds. The molecule has 0 aliphatic carbocycles. The van der Waals surface area contributed by atoms with Crippen LogP contribution in [0, 0.1) is 0 Å². The number of nitrogens with zero attached hydrogens (tertiary/aromatic N) is 3. The topological polar surface area (TPSA) is 89.7 Å². The summed E-state index contributed by atoms with van der Waals surface area (Å²) < 4.78 is 16.2. The van der Waals surface area contributed by atoms with Crippen LogP contribution in [0.15, 0.2) is 52.9 Å². The van der Waals surface area contributed by atoms with Gasteiger partial charge in [-0.25, -0.2) is 0 Å². The highest BCUT2D eigenvalue weighted by Crippen LogP contribution is 2.25. The molecule has 8 heteroatoms. The molecule has 1 atom stereocenters. The molecule has 1 N–H and O–H groups in total. The summed E-state index contributed by atoms with van der Waals surface area (Å²) in [5.41, 5.74) is 1.52. The predicted octanol–water partition coefficient (Wildman–Crippen LogP) is 3.78. The van der Waals surface area contributed by atoms with Crippen LogP contribution in [0.4, 0.5) is 5.69 Å². The molecule has 1 heterocycles. The second kappa shape index (κ2) is 9.89. The molecule has 3 rings (SSSR count). The van der Waals surface area contributed by atoms with E-state index in [0.29, 0.717) is 24.0 Å². The van der Waals surface area contributed by atoms with Gasteiger partial charge in [0.1, 0.15) is 11.5 Å². The molecule has 0 aliphatic heterocycles. The van der Waals surface area contributed by atoms with Crippen LogP contribution >= 0.6 is 0 Å². The first-order valence-electron chi connectivity index (χ1n) is 9.69. The number of carbonyl (C=O) groups is 1. The SMILES string of the molecule is CCN(CC(=O)Nc1ccc(OC)cc1)[C@@H](C)c1nnc(-c2ccc(OC)cc2)o1. The van der Waals surface area contributed by atoms with Gasteiger partial charge in [-0.15, -0.1) is 10.2 Å². The molecule has 0 saturated carbocycles. The largest absolute Gasteiger partial charge is 0.497 e. The molecule has 0 radical (unpaired) electrons. The normalized spacial score (nSPS) is 11.9. The van der Waals surface area contributed by atoms with Gasteiger partial charge in [0.15, 0.2) is 0 Å². The molecule has 0 saturated heterocycles. The summed E-state index contributed by atoms with van der Waals surface area (Å²) in [6.07, 6.45) is 0. The second-order valence-electron chi connectivity index (χ2n) is 6.69. The molecule has 0 fully saturated rings. The molecule has 0 bridgehead atoms. The molecule has 158 valence electrons. The lowest BCUT2D eigenvalue weighted by molar-refractivity contribution is -0.117. The van der Waals surface area contributed by atoms with Crippen molar-refractivity contribution in [3.05, 3.63) is 54.4 Å². The summed E-state index contributed by atoms with van der Waals surface area (Å²) >= 11 is 0. The van der Waals surface area contributed by atoms with E-state index in [9.17, 15) is 4.79 Å². The maximum atomic E-state index is 12.5. The first-order valence-corrected chi connectivity index (χ1v) is 9.69. The van der Waals surface area contributed by atoms with Crippen LogP contribution in [0.25, 0.3) is 11.5 Å². The summed E-state index contributed by atoms with van der Waals surface area (Å²) in [4.78, 5) is 14.5. The Kier molecular flexibility index (Phi) is 7.03. The number of hydrogen-bond donors (Lipinski definition) is 1. The second-order valence-corrected chi connectivity index (χ2v) is 6.69. The number of ether oxygens (including phenoxy) is 2. The van der Waals surface area contributed by atoms with Crippen LogP contribution in [-0.2, 0) is 4.79 Å². The van der Waals surface area contributed by atoms with Crippen LogP contribution in [0.5, 0.6) is 11.5 Å². The Hall–Kier alpha value is -3.39. The zero-order valence-electron chi connectivity index (χ0n) is 17.6. The Morgan fingerprint density at radius 3 is 2.20 bits per heavy atom. The predicted molar refractivity (Wildman–Crippen MR) is 114 cm³/mol. The zero-order chi connectivity index (χ0) is 21.5. The Bertz CT molecular complexity index is 954. The number of nitrogens with one attached hydrogen (secondary N) is 1. The van der Waals surface area contributed by atoms with Gasteiger partial charge >= 0.3 is 0 Å². The molecule has 8 nitrogen and oxygen atoms in total. The molecule has 2 aromatic carbocycles. The van der Waals surface area contributed by atoms with E-state index in [1.165, 1.54) is 0 Å². The van der Waals surface area contributed by atoms with Crippen LogP contribution in [-0.4, -0.2) is 48.3 Å². The maximum absolute atomic E-state index is 12.5. The summed E-state index contributed by atoms with van der Waals surface area (Å²) in [6, 6.07) is 14.4. The van der Waals surface area contributed by atoms with Gasteiger partial charge in [0.05, 0.1) is 26.8 Å². The summed E-state index contributed by atoms with van der Waals surface area (Å²) in [5, 5.41) is 11.2. The number of likely N-dealkylation sites (N-methyl/N-ethyl adjacent to an activating group) is 1. The van der Waals surface area contributed by atoms with E-state index in [0.717, 1.165) is 17.1 Å². The zero-order valence-corrected chi connectivity index (χ0v) is 17.6. The van der Waals surface area contributed by atoms with Crippen molar-refractivity contribution in [1.82, 2.24) is 15.1 Å². The van der Waals surface area contributed by atoms with Gasteiger partial charge in [-0.2, -0.15) is 0 Å². The molecule has 30 heavy (non-hydrogen) atoms. The lowest BCUT2D eigenvalue weighted by atomic mass is 10.2. The van der Waals surface area contributed by atoms with Crippen molar-refractivity contribution in [2.45, 2.75) is 19.9 Å². The lowest BCUT2D eigenvalue weighted by Crippen LogP contribution is -2.35. The van der Waals surface area contributed by atoms with Crippen molar-refractivity contribution >= 4 is 11.6 Å². The van der Waals surface area contributed by atoms with E-state index in [1.807, 2.05) is 43.0 Å². The van der Waals surface area contributed by atoms with Gasteiger partial charge in [0.2, 0.25) is 17.7 Å². The van der Waals surface area contributed by atoms with Crippen molar-refractivity contribution in [3.63, 3.8) is 0 Å². The molecule has 0 spiro atoms. The number of benzene rings is 2. The average Bonchev–Trinajstić information content (AvgIpc) is 3.28. The first kappa shape index (κ1) is 21.3. The van der Waals surface area contributed by atoms with Gasteiger partial charge in [-0.05, 0) is 62.0 Å². The fourth-order valence-electron chi connectivity index (χ4n) is 2.99. The number of methoxy groups -OCH3 is 2. The van der Waals surface area contributed by atoms with Crippen LogP contribution in [0.1, 0.15) is 25.8 Å². The van der Waals surface area contributed by atoms with Gasteiger partial charge in [0.25, 0.3) is 0 Å². The highest BCUT2D eigenvalue weighted by molar-refractivity contribution is 5.92. The third-order valence-corrected chi connectivity index (χ3v) is 4.81. The molecule has 0 unspecified atom stereocenters. The van der Waals surface area contributed by atoms with E-state index < -0.39 is 0 Å². The van der Waals surface area contributed by atoms with Gasteiger partial charge in [0, 0.05) is 11.3 Å². The van der Waals surface area contributed by atoms with Crippen molar-refractivity contribution in [2.75, 3.05) is 32.6 Å². The highest BCUT2D eigenvalue weighted by atomic mass is 16.5. The van der Waals surface area contributed by atoms with Crippen molar-refractivity contribution < 1.29 is 18.7 Å². The monoisotopic (exact) mass is 410 g/mol. The minimum absolute atomic E-state index is 0.122. The standard InChI is InChI=1S/C22H26N4O4/c1-5-26(14-20(27)23-17-8-12-19(29-4)13-9-17)15(2)21-24-25-22(30-21)16-6-10-18(28-3)11-7-16/h6-13,15H,5,14H2,1-4H3,(H,23,27)/t15-/m0/s1. The number of amides is 1. The molecule has 1 aromatic heterocycles. The fraction of sp³-hybridized carbons (Fsp3) is 0.318. The van der Waals surface area contributed by atoms with E-state index in [2.05, 4.69) is 15.5 Å². The summed E-state index contributed by atoms with van der Waals surface area (Å²) in [7, 11) is 3.22. The number of carbonyl (C=O) groups excluding carboxylic acids is 1. The minimum Gasteiger partial charge on any atom is -0.497 e. The van der Waals surface area contributed by atoms with Crippen molar-refractivity contribution in [1.29, 1.82) is 0 Å². The third kappa shape index (κ3) is 5.15. The van der Waals surface area contributed by atoms with Gasteiger partial charge in [-0.3, -0.25) is 9.69 Å². The Morgan fingerprint density at radius 1 is 1.03 bits per heavy atom. The molecular formula is C22H26N4O4. The average molecular weight is 410 g/mol. The minimum atomic E-state index is -0.212. The van der Waals surface area contributed by atoms with Crippen molar-refractivity contribution in [2.24, 2.45) is 0 Å². The molecular weight excluding hydrogens is 384 g/mol. The van der Waals surface area contributed by atoms with E-state index in [-0.39, 0.29) is 18.5 Å². The maximum Gasteiger partial charge on any atom is 0.247 e. The number of anilines is 1. The lowest BCUT2D eigenvalue weighted by Gasteiger charge is -2.24. The Morgan fingerprint density at radius 2 is 1.63 bits per heavy atom. The Balaban J connectivity index is 1.64. The quantitative estimate of drug-likeness (QED) is 0.574. The number of rotatable bonds is 9. The fourth-order valence-corrected chi connectivity index (χ4v) is 2.99. The summed E-state index contributed by atoms with van der Waals surface area (Å²) in [5.74, 6) is 2.26. The smallest absolute Gasteiger partial charge is 0.247 e. The summed E-state index contributed by atoms with van der Waals surface area (Å²) in [6.45, 7) is 4.77. The van der Waals surface area contributed by atoms with E-state index in [4.69, 9.17) is 13.9 Å². The van der Waals surface area contributed by atoms with Crippen LogP contribution in [0.2, 0.25) is 0 Å². The molecule has 3 aromatic rings. The number of hydrogen-bond acceptors (Lipinski definition) is 7. The number of aromatic nitrogens is 2. The van der Waals surface area contributed by atoms with Gasteiger partial charge < -0.3 is 19.2 Å². The Labute approximate surface area is 175 Å². The van der Waals surface area contributed by atoms with E-state index in [1.54, 1.807) is 38.5 Å². The third-order valence-electron chi connectivity index (χ3n) is 4.81. The van der Waals surface area contributed by atoms with Crippen LogP contribution < -0.4 is 14.8 Å². The van der Waals surface area contributed by atoms with Crippen LogP contribution in [0.3, 0.4) is 0 Å². The van der Waals surface area contributed by atoms with Gasteiger partial charge in [-0.1, -0.05) is 6.92 Å².